The van der Waals surface area contributed by atoms with Crippen molar-refractivity contribution in [3.63, 3.8) is 0 Å². The summed E-state index contributed by atoms with van der Waals surface area (Å²) in [6, 6.07) is 15.5. The number of anilines is 1. The van der Waals surface area contributed by atoms with Crippen molar-refractivity contribution in [1.82, 2.24) is 5.32 Å². The predicted molar refractivity (Wildman–Crippen MR) is 110 cm³/mol. The fraction of sp³-hybridized carbons (Fsp3) is 0. The maximum atomic E-state index is 14.0. The molecule has 0 aliphatic rings. The summed E-state index contributed by atoms with van der Waals surface area (Å²) in [5.74, 6) is -2.96. The summed E-state index contributed by atoms with van der Waals surface area (Å²) in [7, 11) is 0. The van der Waals surface area contributed by atoms with Gasteiger partial charge in [0, 0.05) is 17.8 Å². The molecule has 3 aromatic carbocycles. The van der Waals surface area contributed by atoms with Crippen molar-refractivity contribution < 1.29 is 23.3 Å². The van der Waals surface area contributed by atoms with E-state index in [-0.39, 0.29) is 28.2 Å². The van der Waals surface area contributed by atoms with Gasteiger partial charge in [-0.05, 0) is 48.0 Å². The molecule has 0 fully saturated rings. The van der Waals surface area contributed by atoms with E-state index in [2.05, 4.69) is 10.6 Å². The molecule has 9 heteroatoms. The predicted octanol–water partition coefficient (Wildman–Crippen LogP) is 4.28. The van der Waals surface area contributed by atoms with Crippen molar-refractivity contribution in [2.24, 2.45) is 0 Å². The fourth-order valence-electron chi connectivity index (χ4n) is 2.62. The smallest absolute Gasteiger partial charge is 0.272 e. The summed E-state index contributed by atoms with van der Waals surface area (Å²) in [6.45, 7) is 0. The van der Waals surface area contributed by atoms with Crippen molar-refractivity contribution in [2.45, 2.75) is 0 Å². The van der Waals surface area contributed by atoms with E-state index >= 15 is 0 Å². The summed E-state index contributed by atoms with van der Waals surface area (Å²) in [6.07, 6.45) is 1.21. The maximum absolute atomic E-state index is 14.0. The molecule has 0 radical (unpaired) electrons. The van der Waals surface area contributed by atoms with Gasteiger partial charge in [0.2, 0.25) is 0 Å². The summed E-state index contributed by atoms with van der Waals surface area (Å²) < 4.78 is 27.1. The molecule has 31 heavy (non-hydrogen) atoms. The monoisotopic (exact) mass is 423 g/mol. The summed E-state index contributed by atoms with van der Waals surface area (Å²) in [5.41, 5.74) is -0.295. The van der Waals surface area contributed by atoms with Crippen LogP contribution < -0.4 is 10.6 Å². The van der Waals surface area contributed by atoms with E-state index in [0.717, 1.165) is 18.2 Å². The minimum Gasteiger partial charge on any atom is -0.321 e. The highest BCUT2D eigenvalue weighted by Crippen LogP contribution is 2.17. The Balaban J connectivity index is 1.94. The van der Waals surface area contributed by atoms with Crippen LogP contribution in [0.4, 0.5) is 20.2 Å². The van der Waals surface area contributed by atoms with Crippen LogP contribution in [0.1, 0.15) is 15.9 Å². The third-order valence-corrected chi connectivity index (χ3v) is 4.11. The number of nitro groups is 1. The number of carbonyl (C=O) groups is 2. The number of hydrogen-bond acceptors (Lipinski definition) is 4. The summed E-state index contributed by atoms with van der Waals surface area (Å²) in [4.78, 5) is 35.7. The van der Waals surface area contributed by atoms with Gasteiger partial charge < -0.3 is 10.6 Å². The van der Waals surface area contributed by atoms with Crippen LogP contribution in [-0.4, -0.2) is 16.7 Å². The average Bonchev–Trinajstić information content (AvgIpc) is 2.75. The minimum absolute atomic E-state index is 0.215. The Hall–Kier alpha value is -4.40. The van der Waals surface area contributed by atoms with Gasteiger partial charge in [0.15, 0.2) is 0 Å². The highest BCUT2D eigenvalue weighted by molar-refractivity contribution is 6.10. The van der Waals surface area contributed by atoms with Gasteiger partial charge in [-0.15, -0.1) is 0 Å². The normalized spacial score (nSPS) is 11.0. The van der Waals surface area contributed by atoms with Gasteiger partial charge in [-0.1, -0.05) is 24.3 Å². The Morgan fingerprint density at radius 3 is 2.32 bits per heavy atom. The number of carbonyl (C=O) groups excluding carboxylic acids is 2. The van der Waals surface area contributed by atoms with Crippen molar-refractivity contribution in [3.05, 3.63) is 111 Å². The average molecular weight is 423 g/mol. The van der Waals surface area contributed by atoms with Gasteiger partial charge in [0.1, 0.15) is 17.3 Å². The van der Waals surface area contributed by atoms with E-state index in [1.807, 2.05) is 0 Å². The molecule has 0 aliphatic heterocycles. The molecule has 0 aromatic heterocycles. The summed E-state index contributed by atoms with van der Waals surface area (Å²) in [5, 5.41) is 15.8. The van der Waals surface area contributed by atoms with Gasteiger partial charge in [0.25, 0.3) is 17.5 Å². The minimum atomic E-state index is -0.885. The number of halogens is 2. The number of rotatable bonds is 6. The Kier molecular flexibility index (Phi) is 6.46. The number of amides is 2. The lowest BCUT2D eigenvalue weighted by Crippen LogP contribution is -2.31. The summed E-state index contributed by atoms with van der Waals surface area (Å²) >= 11 is 0. The molecular weight excluding hydrogens is 408 g/mol. The first kappa shape index (κ1) is 21.3. The van der Waals surface area contributed by atoms with Crippen LogP contribution >= 0.6 is 0 Å². The molecule has 156 valence electrons. The lowest BCUT2D eigenvalue weighted by molar-refractivity contribution is -0.384. The van der Waals surface area contributed by atoms with E-state index in [9.17, 15) is 28.5 Å². The molecular formula is C22H15F2N3O4. The van der Waals surface area contributed by atoms with Crippen LogP contribution in [0.15, 0.2) is 78.5 Å². The largest absolute Gasteiger partial charge is 0.321 e. The molecule has 2 amide bonds. The van der Waals surface area contributed by atoms with E-state index in [4.69, 9.17) is 0 Å². The number of benzene rings is 3. The first-order valence-corrected chi connectivity index (χ1v) is 8.92. The van der Waals surface area contributed by atoms with Crippen LogP contribution in [0, 0.1) is 21.7 Å². The topological polar surface area (TPSA) is 101 Å². The molecule has 3 rings (SSSR count). The molecule has 0 saturated carbocycles. The number of nitro benzene ring substituents is 1. The van der Waals surface area contributed by atoms with Crippen LogP contribution in [0.5, 0.6) is 0 Å². The highest BCUT2D eigenvalue weighted by Gasteiger charge is 2.18. The van der Waals surface area contributed by atoms with Crippen molar-refractivity contribution >= 4 is 29.3 Å². The first-order chi connectivity index (χ1) is 14.8. The quantitative estimate of drug-likeness (QED) is 0.351. The Morgan fingerprint density at radius 1 is 0.935 bits per heavy atom. The second kappa shape index (κ2) is 9.40. The van der Waals surface area contributed by atoms with Crippen LogP contribution in [0.25, 0.3) is 6.08 Å². The molecule has 0 bridgehead atoms. The zero-order valence-electron chi connectivity index (χ0n) is 15.8. The standard InChI is InChI=1S/C22H15F2N3O4/c23-15-8-10-16(11-9-15)25-22(29)20(13-14-4-3-5-17(12-14)27(30)31)26-21(28)18-6-1-2-7-19(18)24/h1-13H,(H,25,29)(H,26,28)/b20-13-. The number of nitrogens with one attached hydrogen (secondary N) is 2. The zero-order valence-corrected chi connectivity index (χ0v) is 15.8. The zero-order chi connectivity index (χ0) is 22.4. The SMILES string of the molecule is O=C(Nc1ccc(F)cc1)/C(=C/c1cccc([N+](=O)[O-])c1)NC(=O)c1ccccc1F. The molecule has 0 heterocycles. The Labute approximate surface area is 175 Å². The third kappa shape index (κ3) is 5.57. The lowest BCUT2D eigenvalue weighted by Gasteiger charge is -2.12. The lowest BCUT2D eigenvalue weighted by atomic mass is 10.1. The van der Waals surface area contributed by atoms with Gasteiger partial charge in [-0.25, -0.2) is 8.78 Å². The molecule has 0 saturated heterocycles. The van der Waals surface area contributed by atoms with Gasteiger partial charge in [-0.2, -0.15) is 0 Å². The van der Waals surface area contributed by atoms with E-state index in [1.165, 1.54) is 60.7 Å². The van der Waals surface area contributed by atoms with Crippen LogP contribution in [0.3, 0.4) is 0 Å². The molecule has 3 aromatic rings. The van der Waals surface area contributed by atoms with Gasteiger partial charge in [0.05, 0.1) is 10.5 Å². The Morgan fingerprint density at radius 2 is 1.65 bits per heavy atom. The maximum Gasteiger partial charge on any atom is 0.272 e. The second-order valence-corrected chi connectivity index (χ2v) is 6.31. The van der Waals surface area contributed by atoms with Crippen LogP contribution in [0.2, 0.25) is 0 Å². The molecule has 0 spiro atoms. The van der Waals surface area contributed by atoms with E-state index in [0.29, 0.717) is 0 Å². The first-order valence-electron chi connectivity index (χ1n) is 8.92. The molecule has 0 aliphatic carbocycles. The van der Waals surface area contributed by atoms with Crippen molar-refractivity contribution in [2.75, 3.05) is 5.32 Å². The molecule has 7 nitrogen and oxygen atoms in total. The van der Waals surface area contributed by atoms with Gasteiger partial charge in [-0.3, -0.25) is 19.7 Å². The Bertz CT molecular complexity index is 1180. The van der Waals surface area contributed by atoms with E-state index in [1.54, 1.807) is 0 Å². The van der Waals surface area contributed by atoms with Crippen molar-refractivity contribution in [1.29, 1.82) is 0 Å². The molecule has 0 atom stereocenters. The number of hydrogen-bond donors (Lipinski definition) is 2. The fourth-order valence-corrected chi connectivity index (χ4v) is 2.62. The third-order valence-electron chi connectivity index (χ3n) is 4.11. The second-order valence-electron chi connectivity index (χ2n) is 6.31. The van der Waals surface area contributed by atoms with Crippen LogP contribution in [-0.2, 0) is 4.79 Å². The number of nitrogens with zero attached hydrogens (tertiary/aromatic N) is 1. The molecule has 0 unspecified atom stereocenters. The number of non-ortho nitro benzene ring substituents is 1. The van der Waals surface area contributed by atoms with Gasteiger partial charge >= 0.3 is 0 Å². The van der Waals surface area contributed by atoms with Crippen molar-refractivity contribution in [3.8, 4) is 0 Å². The molecule has 2 N–H and O–H groups in total. The highest BCUT2D eigenvalue weighted by atomic mass is 19.1. The van der Waals surface area contributed by atoms with E-state index < -0.39 is 28.4 Å².